The lowest BCUT2D eigenvalue weighted by Gasteiger charge is -2.11. The number of hydrogen-bond acceptors (Lipinski definition) is 3. The summed E-state index contributed by atoms with van der Waals surface area (Å²) in [7, 11) is 0. The Morgan fingerprint density at radius 1 is 1.58 bits per heavy atom. The van der Waals surface area contributed by atoms with E-state index in [2.05, 4.69) is 10.6 Å². The first-order valence-corrected chi connectivity index (χ1v) is 4.40. The molecule has 0 aliphatic rings. The monoisotopic (exact) mass is 173 g/mol. The topological polar surface area (TPSA) is 67.2 Å². The highest BCUT2D eigenvalue weighted by Crippen LogP contribution is 1.88. The van der Waals surface area contributed by atoms with E-state index >= 15 is 0 Å². The number of carbonyl (C=O) groups is 1. The van der Waals surface area contributed by atoms with E-state index in [4.69, 9.17) is 5.73 Å². The third-order valence-electron chi connectivity index (χ3n) is 1.51. The van der Waals surface area contributed by atoms with Gasteiger partial charge in [-0.05, 0) is 13.5 Å². The molecule has 0 aliphatic heterocycles. The Bertz CT molecular complexity index is 127. The predicted octanol–water partition coefficient (Wildman–Crippen LogP) is -0.551. The van der Waals surface area contributed by atoms with Crippen LogP contribution in [-0.4, -0.2) is 31.6 Å². The van der Waals surface area contributed by atoms with Crippen molar-refractivity contribution in [2.24, 2.45) is 5.73 Å². The first kappa shape index (κ1) is 11.4. The second-order valence-electron chi connectivity index (χ2n) is 2.80. The Morgan fingerprint density at radius 3 is 2.75 bits per heavy atom. The van der Waals surface area contributed by atoms with Gasteiger partial charge in [-0.15, -0.1) is 0 Å². The molecule has 4 N–H and O–H groups in total. The summed E-state index contributed by atoms with van der Waals surface area (Å²) in [6, 6.07) is 0.243. The van der Waals surface area contributed by atoms with Crippen molar-refractivity contribution in [1.29, 1.82) is 0 Å². The van der Waals surface area contributed by atoms with Crippen LogP contribution in [0.5, 0.6) is 0 Å². The van der Waals surface area contributed by atoms with Gasteiger partial charge < -0.3 is 16.4 Å². The molecule has 0 aromatic heterocycles. The molecular weight excluding hydrogens is 154 g/mol. The number of carbonyl (C=O) groups excluding carboxylic acids is 1. The minimum Gasteiger partial charge on any atom is -0.355 e. The van der Waals surface area contributed by atoms with E-state index in [9.17, 15) is 4.79 Å². The lowest BCUT2D eigenvalue weighted by molar-refractivity contribution is -0.121. The largest absolute Gasteiger partial charge is 0.355 e. The van der Waals surface area contributed by atoms with Crippen LogP contribution in [0.2, 0.25) is 0 Å². The zero-order valence-electron chi connectivity index (χ0n) is 7.89. The summed E-state index contributed by atoms with van der Waals surface area (Å²) in [6.45, 7) is 5.98. The lowest BCUT2D eigenvalue weighted by Crippen LogP contribution is -2.35. The maximum atomic E-state index is 11.1. The number of rotatable bonds is 6. The highest BCUT2D eigenvalue weighted by Gasteiger charge is 2.05. The molecule has 0 aliphatic carbocycles. The van der Waals surface area contributed by atoms with Gasteiger partial charge in [0, 0.05) is 25.6 Å². The molecule has 0 saturated heterocycles. The molecule has 0 rings (SSSR count). The van der Waals surface area contributed by atoms with Gasteiger partial charge >= 0.3 is 0 Å². The summed E-state index contributed by atoms with van der Waals surface area (Å²) >= 11 is 0. The average Bonchev–Trinajstić information content (AvgIpc) is 2.01. The van der Waals surface area contributed by atoms with Gasteiger partial charge in [-0.1, -0.05) is 6.92 Å². The first-order chi connectivity index (χ1) is 5.70. The van der Waals surface area contributed by atoms with E-state index < -0.39 is 0 Å². The van der Waals surface area contributed by atoms with Crippen molar-refractivity contribution in [1.82, 2.24) is 10.6 Å². The van der Waals surface area contributed by atoms with Crippen LogP contribution in [0.1, 0.15) is 20.3 Å². The number of nitrogens with two attached hydrogens (primary N) is 1. The van der Waals surface area contributed by atoms with Crippen LogP contribution >= 0.6 is 0 Å². The fourth-order valence-corrected chi connectivity index (χ4v) is 0.982. The van der Waals surface area contributed by atoms with Gasteiger partial charge in [-0.25, -0.2) is 0 Å². The van der Waals surface area contributed by atoms with Crippen LogP contribution in [0, 0.1) is 0 Å². The summed E-state index contributed by atoms with van der Waals surface area (Å²) in [5.41, 5.74) is 5.24. The third-order valence-corrected chi connectivity index (χ3v) is 1.51. The van der Waals surface area contributed by atoms with Crippen molar-refractivity contribution in [2.45, 2.75) is 26.3 Å². The molecule has 1 unspecified atom stereocenters. The minimum absolute atomic E-state index is 0.0638. The standard InChI is InChI=1S/C8H19N3O/c1-3-10-7(2)6-8(12)11-5-4-9/h7,10H,3-6,9H2,1-2H3,(H,11,12). The Kier molecular flexibility index (Phi) is 6.70. The predicted molar refractivity (Wildman–Crippen MR) is 49.8 cm³/mol. The summed E-state index contributed by atoms with van der Waals surface area (Å²) in [6.07, 6.45) is 0.522. The molecule has 0 fully saturated rings. The molecule has 1 atom stereocenters. The Labute approximate surface area is 73.9 Å². The number of nitrogens with one attached hydrogen (secondary N) is 2. The van der Waals surface area contributed by atoms with Gasteiger partial charge in [0.25, 0.3) is 0 Å². The highest BCUT2D eigenvalue weighted by molar-refractivity contribution is 5.76. The smallest absolute Gasteiger partial charge is 0.221 e. The number of amides is 1. The van der Waals surface area contributed by atoms with Crippen molar-refractivity contribution in [3.63, 3.8) is 0 Å². The van der Waals surface area contributed by atoms with Gasteiger partial charge in [0.05, 0.1) is 0 Å². The first-order valence-electron chi connectivity index (χ1n) is 4.40. The molecule has 0 radical (unpaired) electrons. The molecule has 4 nitrogen and oxygen atoms in total. The molecule has 12 heavy (non-hydrogen) atoms. The van der Waals surface area contributed by atoms with Crippen molar-refractivity contribution in [3.05, 3.63) is 0 Å². The lowest BCUT2D eigenvalue weighted by atomic mass is 10.2. The zero-order chi connectivity index (χ0) is 9.40. The average molecular weight is 173 g/mol. The Hall–Kier alpha value is -0.610. The molecule has 1 amide bonds. The van der Waals surface area contributed by atoms with Crippen molar-refractivity contribution in [3.8, 4) is 0 Å². The van der Waals surface area contributed by atoms with Crippen molar-refractivity contribution in [2.75, 3.05) is 19.6 Å². The Balaban J connectivity index is 3.40. The summed E-state index contributed by atoms with van der Waals surface area (Å²) < 4.78 is 0. The fourth-order valence-electron chi connectivity index (χ4n) is 0.982. The van der Waals surface area contributed by atoms with Crippen molar-refractivity contribution >= 4 is 5.91 Å². The molecule has 0 heterocycles. The molecule has 0 aromatic rings. The second kappa shape index (κ2) is 7.06. The van der Waals surface area contributed by atoms with E-state index in [0.717, 1.165) is 6.54 Å². The number of hydrogen-bond donors (Lipinski definition) is 3. The summed E-state index contributed by atoms with van der Waals surface area (Å²) in [5, 5.41) is 5.88. The summed E-state index contributed by atoms with van der Waals surface area (Å²) in [5.74, 6) is 0.0638. The van der Waals surface area contributed by atoms with E-state index in [1.165, 1.54) is 0 Å². The molecule has 0 saturated carbocycles. The minimum atomic E-state index is 0.0638. The molecule has 0 aromatic carbocycles. The van der Waals surface area contributed by atoms with Crippen LogP contribution in [0.15, 0.2) is 0 Å². The SMILES string of the molecule is CCNC(C)CC(=O)NCCN. The van der Waals surface area contributed by atoms with Crippen LogP contribution in [0.3, 0.4) is 0 Å². The molecule has 0 spiro atoms. The highest BCUT2D eigenvalue weighted by atomic mass is 16.1. The molecular formula is C8H19N3O. The van der Waals surface area contributed by atoms with Gasteiger partial charge in [0.2, 0.25) is 5.91 Å². The normalized spacial score (nSPS) is 12.6. The van der Waals surface area contributed by atoms with Crippen LogP contribution in [0.25, 0.3) is 0 Å². The Morgan fingerprint density at radius 2 is 2.25 bits per heavy atom. The van der Waals surface area contributed by atoms with Crippen LogP contribution < -0.4 is 16.4 Å². The van der Waals surface area contributed by atoms with E-state index in [1.807, 2.05) is 13.8 Å². The molecule has 0 bridgehead atoms. The zero-order valence-corrected chi connectivity index (χ0v) is 7.89. The van der Waals surface area contributed by atoms with Gasteiger partial charge in [-0.3, -0.25) is 4.79 Å². The second-order valence-corrected chi connectivity index (χ2v) is 2.80. The van der Waals surface area contributed by atoms with Gasteiger partial charge in [-0.2, -0.15) is 0 Å². The summed E-state index contributed by atoms with van der Waals surface area (Å²) in [4.78, 5) is 11.1. The maximum Gasteiger partial charge on any atom is 0.221 e. The molecule has 72 valence electrons. The van der Waals surface area contributed by atoms with Gasteiger partial charge in [0.1, 0.15) is 0 Å². The third kappa shape index (κ3) is 6.12. The van der Waals surface area contributed by atoms with Crippen LogP contribution in [-0.2, 0) is 4.79 Å². The van der Waals surface area contributed by atoms with Crippen LogP contribution in [0.4, 0.5) is 0 Å². The fraction of sp³-hybridized carbons (Fsp3) is 0.875. The molecule has 4 heteroatoms. The van der Waals surface area contributed by atoms with Gasteiger partial charge in [0.15, 0.2) is 0 Å². The van der Waals surface area contributed by atoms with Crippen molar-refractivity contribution < 1.29 is 4.79 Å². The quantitative estimate of drug-likeness (QED) is 0.505. The van der Waals surface area contributed by atoms with E-state index in [1.54, 1.807) is 0 Å². The maximum absolute atomic E-state index is 11.1. The van der Waals surface area contributed by atoms with E-state index in [0.29, 0.717) is 19.5 Å². The van der Waals surface area contributed by atoms with E-state index in [-0.39, 0.29) is 11.9 Å².